The minimum Gasteiger partial charge on any atom is -0.393 e. The van der Waals surface area contributed by atoms with E-state index in [2.05, 4.69) is 15.0 Å². The second-order valence-corrected chi connectivity index (χ2v) is 4.82. The molecule has 3 rings (SSSR count). The van der Waals surface area contributed by atoms with Crippen molar-refractivity contribution in [2.75, 3.05) is 6.61 Å². The van der Waals surface area contributed by atoms with Gasteiger partial charge in [0, 0.05) is 0 Å². The van der Waals surface area contributed by atoms with Crippen LogP contribution in [0.4, 0.5) is 13.2 Å². The molecule has 0 aromatic carbocycles. The number of nitrogens with one attached hydrogen (secondary N) is 1. The van der Waals surface area contributed by atoms with Gasteiger partial charge in [-0.2, -0.15) is 13.2 Å². The van der Waals surface area contributed by atoms with Crippen LogP contribution in [0.3, 0.4) is 0 Å². The zero-order valence-electron chi connectivity index (χ0n) is 10.6. The molecule has 21 heavy (non-hydrogen) atoms. The molecule has 114 valence electrons. The quantitative estimate of drug-likeness (QED) is 0.853. The predicted molar refractivity (Wildman–Crippen MR) is 63.4 cm³/mol. The SMILES string of the molecule is O=c1[nH]cnc2c1ncn2[C@H]1CC[C@](CO)(C(F)(F)F)O1. The summed E-state index contributed by atoms with van der Waals surface area (Å²) in [5.74, 6) is 0. The molecule has 2 atom stereocenters. The zero-order valence-corrected chi connectivity index (χ0v) is 10.6. The number of aromatic nitrogens is 4. The average molecular weight is 304 g/mol. The van der Waals surface area contributed by atoms with Crippen molar-refractivity contribution in [2.45, 2.75) is 30.8 Å². The van der Waals surface area contributed by atoms with Crippen molar-refractivity contribution >= 4 is 11.2 Å². The topological polar surface area (TPSA) is 93.0 Å². The van der Waals surface area contributed by atoms with Crippen LogP contribution in [0.2, 0.25) is 0 Å². The highest BCUT2D eigenvalue weighted by Gasteiger charge is 2.60. The van der Waals surface area contributed by atoms with Gasteiger partial charge in [0.25, 0.3) is 5.56 Å². The molecule has 10 heteroatoms. The maximum atomic E-state index is 13.0. The number of halogens is 3. The van der Waals surface area contributed by atoms with Gasteiger partial charge in [-0.1, -0.05) is 0 Å². The molecule has 0 radical (unpaired) electrons. The van der Waals surface area contributed by atoms with Crippen LogP contribution in [-0.2, 0) is 4.74 Å². The smallest absolute Gasteiger partial charge is 0.393 e. The highest BCUT2D eigenvalue weighted by Crippen LogP contribution is 2.46. The monoisotopic (exact) mass is 304 g/mol. The van der Waals surface area contributed by atoms with Crippen LogP contribution >= 0.6 is 0 Å². The summed E-state index contributed by atoms with van der Waals surface area (Å²) >= 11 is 0. The predicted octanol–water partition coefficient (Wildman–Crippen LogP) is 0.722. The lowest BCUT2D eigenvalue weighted by atomic mass is 10.0. The van der Waals surface area contributed by atoms with E-state index in [0.29, 0.717) is 0 Å². The number of aliphatic hydroxyl groups is 1. The first kappa shape index (κ1) is 14.0. The van der Waals surface area contributed by atoms with Gasteiger partial charge in [-0.3, -0.25) is 9.36 Å². The average Bonchev–Trinajstić information content (AvgIpc) is 3.02. The number of hydrogen-bond acceptors (Lipinski definition) is 5. The Hall–Kier alpha value is -1.94. The summed E-state index contributed by atoms with van der Waals surface area (Å²) in [7, 11) is 0. The minimum absolute atomic E-state index is 0.0228. The van der Waals surface area contributed by atoms with Gasteiger partial charge in [-0.05, 0) is 12.8 Å². The Balaban J connectivity index is 1.99. The number of nitrogens with zero attached hydrogens (tertiary/aromatic N) is 3. The summed E-state index contributed by atoms with van der Waals surface area (Å²) < 4.78 is 45.4. The van der Waals surface area contributed by atoms with Gasteiger partial charge in [0.1, 0.15) is 6.23 Å². The van der Waals surface area contributed by atoms with Crippen molar-refractivity contribution in [3.8, 4) is 0 Å². The number of hydrogen-bond donors (Lipinski definition) is 2. The van der Waals surface area contributed by atoms with Crippen LogP contribution in [0, 0.1) is 0 Å². The summed E-state index contributed by atoms with van der Waals surface area (Å²) in [4.78, 5) is 21.6. The van der Waals surface area contributed by atoms with Crippen LogP contribution < -0.4 is 5.56 Å². The largest absolute Gasteiger partial charge is 0.419 e. The highest BCUT2D eigenvalue weighted by atomic mass is 19.4. The van der Waals surface area contributed by atoms with Crippen molar-refractivity contribution in [3.63, 3.8) is 0 Å². The van der Waals surface area contributed by atoms with Gasteiger partial charge in [-0.15, -0.1) is 0 Å². The highest BCUT2D eigenvalue weighted by molar-refractivity contribution is 5.68. The molecule has 0 aliphatic carbocycles. The number of aromatic amines is 1. The number of imidazole rings is 1. The number of H-pyrrole nitrogens is 1. The maximum Gasteiger partial charge on any atom is 0.419 e. The van der Waals surface area contributed by atoms with Gasteiger partial charge in [0.05, 0.1) is 19.3 Å². The Kier molecular flexibility index (Phi) is 3.02. The number of rotatable bonds is 2. The second-order valence-electron chi connectivity index (χ2n) is 4.82. The third kappa shape index (κ3) is 2.02. The molecule has 1 saturated heterocycles. The van der Waals surface area contributed by atoms with Crippen LogP contribution in [0.1, 0.15) is 19.1 Å². The first-order chi connectivity index (χ1) is 9.88. The Labute approximate surface area is 115 Å². The molecule has 2 N–H and O–H groups in total. The van der Waals surface area contributed by atoms with Crippen LogP contribution in [0.5, 0.6) is 0 Å². The van der Waals surface area contributed by atoms with E-state index in [1.165, 1.54) is 10.9 Å². The van der Waals surface area contributed by atoms with Crippen LogP contribution in [0.15, 0.2) is 17.4 Å². The molecule has 0 bridgehead atoms. The Bertz CT molecular complexity index is 725. The standard InChI is InChI=1S/C11H11F3N4O3/c12-11(13,14)10(3-19)2-1-6(21-10)18-5-17-7-8(18)15-4-16-9(7)20/h4-6,19H,1-3H2,(H,15,16,20)/t6-,10+/m1/s1. The fourth-order valence-corrected chi connectivity index (χ4v) is 2.42. The molecule has 1 aliphatic rings. The molecule has 3 heterocycles. The van der Waals surface area contributed by atoms with E-state index < -0.39 is 30.2 Å². The first-order valence-electron chi connectivity index (χ1n) is 6.13. The molecular formula is C11H11F3N4O3. The third-order valence-corrected chi connectivity index (χ3v) is 3.60. The maximum absolute atomic E-state index is 13.0. The van der Waals surface area contributed by atoms with Crippen molar-refractivity contribution in [1.29, 1.82) is 0 Å². The van der Waals surface area contributed by atoms with E-state index in [1.807, 2.05) is 0 Å². The van der Waals surface area contributed by atoms with Crippen molar-refractivity contribution in [3.05, 3.63) is 23.0 Å². The molecule has 0 amide bonds. The van der Waals surface area contributed by atoms with Crippen LogP contribution in [-0.4, -0.2) is 43.0 Å². The van der Waals surface area contributed by atoms with Gasteiger partial charge in [0.15, 0.2) is 16.8 Å². The van der Waals surface area contributed by atoms with Crippen molar-refractivity contribution in [2.24, 2.45) is 0 Å². The van der Waals surface area contributed by atoms with E-state index >= 15 is 0 Å². The van der Waals surface area contributed by atoms with Gasteiger partial charge in [0.2, 0.25) is 0 Å². The summed E-state index contributed by atoms with van der Waals surface area (Å²) in [6.45, 7) is -1.16. The first-order valence-corrected chi connectivity index (χ1v) is 6.13. The molecule has 2 aromatic rings. The summed E-state index contributed by atoms with van der Waals surface area (Å²) in [5, 5.41) is 9.08. The normalized spacial score (nSPS) is 26.6. The summed E-state index contributed by atoms with van der Waals surface area (Å²) in [6.07, 6.45) is -3.67. The number of ether oxygens (including phenoxy) is 1. The van der Waals surface area contributed by atoms with E-state index in [1.54, 1.807) is 0 Å². The molecule has 7 nitrogen and oxygen atoms in total. The van der Waals surface area contributed by atoms with Gasteiger partial charge < -0.3 is 14.8 Å². The minimum atomic E-state index is -4.68. The fraction of sp³-hybridized carbons (Fsp3) is 0.545. The van der Waals surface area contributed by atoms with Crippen molar-refractivity contribution < 1.29 is 23.0 Å². The summed E-state index contributed by atoms with van der Waals surface area (Å²) in [6, 6.07) is 0. The third-order valence-electron chi connectivity index (χ3n) is 3.60. The lowest BCUT2D eigenvalue weighted by Crippen LogP contribution is -2.48. The molecule has 2 aromatic heterocycles. The Morgan fingerprint density at radius 3 is 2.90 bits per heavy atom. The number of alkyl halides is 3. The molecule has 0 saturated carbocycles. The fourth-order valence-electron chi connectivity index (χ4n) is 2.42. The lowest BCUT2D eigenvalue weighted by molar-refractivity contribution is -0.287. The van der Waals surface area contributed by atoms with Crippen LogP contribution in [0.25, 0.3) is 11.2 Å². The second kappa shape index (κ2) is 4.53. The molecule has 1 aliphatic heterocycles. The van der Waals surface area contributed by atoms with Crippen molar-refractivity contribution in [1.82, 2.24) is 19.5 Å². The molecule has 1 fully saturated rings. The van der Waals surface area contributed by atoms with E-state index in [4.69, 9.17) is 9.84 Å². The number of aliphatic hydroxyl groups excluding tert-OH is 1. The molecule has 0 unspecified atom stereocenters. The Morgan fingerprint density at radius 2 is 2.29 bits per heavy atom. The van der Waals surface area contributed by atoms with Gasteiger partial charge in [-0.25, -0.2) is 9.97 Å². The van der Waals surface area contributed by atoms with E-state index in [-0.39, 0.29) is 24.0 Å². The van der Waals surface area contributed by atoms with E-state index in [0.717, 1.165) is 6.33 Å². The van der Waals surface area contributed by atoms with Gasteiger partial charge >= 0.3 is 6.18 Å². The molecule has 0 spiro atoms. The number of fused-ring (bicyclic) bond motifs is 1. The Morgan fingerprint density at radius 1 is 1.52 bits per heavy atom. The molecular weight excluding hydrogens is 293 g/mol. The summed E-state index contributed by atoms with van der Waals surface area (Å²) in [5.41, 5.74) is -2.91. The lowest BCUT2D eigenvalue weighted by Gasteiger charge is -2.29. The zero-order chi connectivity index (χ0) is 15.3. The van der Waals surface area contributed by atoms with E-state index in [9.17, 15) is 18.0 Å².